The highest BCUT2D eigenvalue weighted by molar-refractivity contribution is 5.86. The highest BCUT2D eigenvalue weighted by Gasteiger charge is 2.17. The lowest BCUT2D eigenvalue weighted by molar-refractivity contribution is 0.147. The van der Waals surface area contributed by atoms with Crippen LogP contribution in [0.3, 0.4) is 0 Å². The third-order valence-corrected chi connectivity index (χ3v) is 3.70. The van der Waals surface area contributed by atoms with E-state index in [2.05, 4.69) is 32.9 Å². The maximum atomic E-state index is 4.71. The van der Waals surface area contributed by atoms with E-state index >= 15 is 0 Å². The number of nitrogens with zero attached hydrogens (tertiary/aromatic N) is 4. The highest BCUT2D eigenvalue weighted by Crippen LogP contribution is 2.10. The Morgan fingerprint density at radius 3 is 2.45 bits per heavy atom. The van der Waals surface area contributed by atoms with Gasteiger partial charge >= 0.3 is 0 Å². The molecule has 1 fully saturated rings. The van der Waals surface area contributed by atoms with Gasteiger partial charge in [-0.3, -0.25) is 4.90 Å². The number of halogens is 3. The average Bonchev–Trinajstić information content (AvgIpc) is 2.74. The number of aromatic nitrogens is 2. The standard InChI is InChI=1S/C12H21N5.3ClH/c1-15-4-6-16(7-5-15)9-11-10-17-3-2-13-8-12(17)14-11;;;/h10,13H,2-9H2,1H3;3*1H. The number of nitrogens with one attached hydrogen (secondary N) is 1. The summed E-state index contributed by atoms with van der Waals surface area (Å²) in [6, 6.07) is 0. The number of imidazole rings is 1. The Morgan fingerprint density at radius 2 is 1.80 bits per heavy atom. The summed E-state index contributed by atoms with van der Waals surface area (Å²) in [6.45, 7) is 8.73. The van der Waals surface area contributed by atoms with Crippen LogP contribution in [0.5, 0.6) is 0 Å². The molecule has 0 atom stereocenters. The van der Waals surface area contributed by atoms with Gasteiger partial charge in [0.1, 0.15) is 5.82 Å². The van der Waals surface area contributed by atoms with Crippen molar-refractivity contribution in [2.75, 3.05) is 39.8 Å². The molecule has 0 spiro atoms. The Bertz CT molecular complexity index is 367. The maximum Gasteiger partial charge on any atom is 0.123 e. The van der Waals surface area contributed by atoms with Crippen LogP contribution in [0.2, 0.25) is 0 Å². The highest BCUT2D eigenvalue weighted by atomic mass is 35.5. The van der Waals surface area contributed by atoms with E-state index in [1.165, 1.54) is 24.6 Å². The van der Waals surface area contributed by atoms with E-state index in [0.717, 1.165) is 39.3 Å². The van der Waals surface area contributed by atoms with Gasteiger partial charge in [-0.1, -0.05) is 0 Å². The second kappa shape index (κ2) is 9.07. The molecule has 5 nitrogen and oxygen atoms in total. The van der Waals surface area contributed by atoms with Crippen LogP contribution in [0.4, 0.5) is 0 Å². The van der Waals surface area contributed by atoms with Crippen molar-refractivity contribution in [3.8, 4) is 0 Å². The van der Waals surface area contributed by atoms with Crippen molar-refractivity contribution in [2.45, 2.75) is 19.6 Å². The molecule has 0 aliphatic carbocycles. The third-order valence-electron chi connectivity index (χ3n) is 3.70. The quantitative estimate of drug-likeness (QED) is 0.868. The van der Waals surface area contributed by atoms with E-state index in [9.17, 15) is 0 Å². The van der Waals surface area contributed by atoms with Gasteiger partial charge in [0.05, 0.1) is 12.2 Å². The molecule has 1 aromatic heterocycles. The molecule has 118 valence electrons. The number of hydrogen-bond acceptors (Lipinski definition) is 4. The van der Waals surface area contributed by atoms with Gasteiger partial charge in [-0.25, -0.2) is 4.98 Å². The van der Waals surface area contributed by atoms with Crippen LogP contribution in [0, 0.1) is 0 Å². The summed E-state index contributed by atoms with van der Waals surface area (Å²) in [6.07, 6.45) is 2.23. The minimum absolute atomic E-state index is 0. The minimum atomic E-state index is 0. The van der Waals surface area contributed by atoms with Crippen LogP contribution >= 0.6 is 37.2 Å². The number of hydrogen-bond donors (Lipinski definition) is 1. The molecule has 8 heteroatoms. The molecule has 2 aliphatic rings. The van der Waals surface area contributed by atoms with Gasteiger partial charge in [0, 0.05) is 52.0 Å². The first-order valence-corrected chi connectivity index (χ1v) is 6.48. The van der Waals surface area contributed by atoms with E-state index in [0.29, 0.717) is 0 Å². The maximum absolute atomic E-state index is 4.71. The molecular weight excluding hydrogens is 321 g/mol. The van der Waals surface area contributed by atoms with Crippen molar-refractivity contribution in [3.63, 3.8) is 0 Å². The van der Waals surface area contributed by atoms with E-state index in [1.54, 1.807) is 0 Å². The summed E-state index contributed by atoms with van der Waals surface area (Å²) in [5, 5.41) is 3.36. The third kappa shape index (κ3) is 4.76. The molecule has 20 heavy (non-hydrogen) atoms. The van der Waals surface area contributed by atoms with Gasteiger partial charge in [-0.15, -0.1) is 37.2 Å². The molecule has 1 aromatic rings. The van der Waals surface area contributed by atoms with Crippen LogP contribution in [-0.4, -0.2) is 59.1 Å². The lowest BCUT2D eigenvalue weighted by Crippen LogP contribution is -2.43. The summed E-state index contributed by atoms with van der Waals surface area (Å²) in [5.41, 5.74) is 1.23. The van der Waals surface area contributed by atoms with Crippen molar-refractivity contribution in [3.05, 3.63) is 17.7 Å². The Morgan fingerprint density at radius 1 is 1.10 bits per heavy atom. The fourth-order valence-electron chi connectivity index (χ4n) is 2.56. The second-order valence-electron chi connectivity index (χ2n) is 5.10. The minimum Gasteiger partial charge on any atom is -0.332 e. The molecule has 3 rings (SSSR count). The van der Waals surface area contributed by atoms with Crippen molar-refractivity contribution < 1.29 is 0 Å². The first kappa shape index (κ1) is 20.0. The number of rotatable bonds is 2. The van der Waals surface area contributed by atoms with E-state index in [4.69, 9.17) is 4.98 Å². The zero-order valence-electron chi connectivity index (χ0n) is 11.7. The zero-order valence-corrected chi connectivity index (χ0v) is 14.2. The van der Waals surface area contributed by atoms with E-state index < -0.39 is 0 Å². The number of piperazine rings is 1. The van der Waals surface area contributed by atoms with Crippen LogP contribution in [0.25, 0.3) is 0 Å². The Kier molecular flexibility index (Phi) is 9.06. The zero-order chi connectivity index (χ0) is 11.7. The van der Waals surface area contributed by atoms with E-state index in [-0.39, 0.29) is 37.2 Å². The molecule has 0 saturated carbocycles. The van der Waals surface area contributed by atoms with Crippen LogP contribution < -0.4 is 5.32 Å². The predicted octanol–water partition coefficient (Wildman–Crippen LogP) is 0.999. The first-order valence-electron chi connectivity index (χ1n) is 6.48. The van der Waals surface area contributed by atoms with Crippen LogP contribution in [-0.2, 0) is 19.6 Å². The van der Waals surface area contributed by atoms with Crippen molar-refractivity contribution in [1.82, 2.24) is 24.7 Å². The molecule has 1 saturated heterocycles. The van der Waals surface area contributed by atoms with Crippen LogP contribution in [0.15, 0.2) is 6.20 Å². The Hall–Kier alpha value is -0.0400. The van der Waals surface area contributed by atoms with Crippen molar-refractivity contribution in [1.29, 1.82) is 0 Å². The Balaban J connectivity index is 0.00000120. The van der Waals surface area contributed by atoms with Gasteiger partial charge in [0.2, 0.25) is 0 Å². The Labute approximate surface area is 139 Å². The summed E-state index contributed by atoms with van der Waals surface area (Å²) in [5.74, 6) is 1.19. The first-order chi connectivity index (χ1) is 8.31. The van der Waals surface area contributed by atoms with E-state index in [1.807, 2.05) is 0 Å². The fourth-order valence-corrected chi connectivity index (χ4v) is 2.56. The van der Waals surface area contributed by atoms with Gasteiger partial charge in [-0.2, -0.15) is 0 Å². The number of likely N-dealkylation sites (N-methyl/N-ethyl adjacent to an activating group) is 1. The fraction of sp³-hybridized carbons (Fsp3) is 0.750. The molecule has 0 bridgehead atoms. The lowest BCUT2D eigenvalue weighted by atomic mass is 10.3. The van der Waals surface area contributed by atoms with Crippen LogP contribution in [0.1, 0.15) is 11.5 Å². The molecular formula is C12H24Cl3N5. The molecule has 2 aliphatic heterocycles. The van der Waals surface area contributed by atoms with Gasteiger partial charge in [-0.05, 0) is 7.05 Å². The summed E-state index contributed by atoms with van der Waals surface area (Å²) in [4.78, 5) is 9.60. The van der Waals surface area contributed by atoms with Gasteiger partial charge < -0.3 is 14.8 Å². The summed E-state index contributed by atoms with van der Waals surface area (Å²) >= 11 is 0. The number of fused-ring (bicyclic) bond motifs is 1. The molecule has 3 heterocycles. The normalized spacial score (nSPS) is 19.2. The predicted molar refractivity (Wildman–Crippen MR) is 88.5 cm³/mol. The molecule has 0 amide bonds. The monoisotopic (exact) mass is 343 g/mol. The average molecular weight is 345 g/mol. The largest absolute Gasteiger partial charge is 0.332 e. The molecule has 1 N–H and O–H groups in total. The van der Waals surface area contributed by atoms with Gasteiger partial charge in [0.15, 0.2) is 0 Å². The SMILES string of the molecule is CN1CCN(Cc2cn3c(n2)CNCC3)CC1.Cl.Cl.Cl. The lowest BCUT2D eigenvalue weighted by Gasteiger charge is -2.31. The topological polar surface area (TPSA) is 36.3 Å². The van der Waals surface area contributed by atoms with Gasteiger partial charge in [0.25, 0.3) is 0 Å². The molecule has 0 unspecified atom stereocenters. The molecule has 0 aromatic carbocycles. The summed E-state index contributed by atoms with van der Waals surface area (Å²) in [7, 11) is 2.19. The second-order valence-corrected chi connectivity index (χ2v) is 5.10. The summed E-state index contributed by atoms with van der Waals surface area (Å²) < 4.78 is 2.29. The smallest absolute Gasteiger partial charge is 0.123 e. The van der Waals surface area contributed by atoms with Crippen molar-refractivity contribution >= 4 is 37.2 Å². The molecule has 0 radical (unpaired) electrons. The van der Waals surface area contributed by atoms with Crippen molar-refractivity contribution in [2.24, 2.45) is 0 Å².